The van der Waals surface area contributed by atoms with E-state index in [2.05, 4.69) is 56.7 Å². The molecular formula is C9H16BrN5S. The molecule has 7 heteroatoms. The average molecular weight is 306 g/mol. The fourth-order valence-electron chi connectivity index (χ4n) is 0.929. The van der Waals surface area contributed by atoms with E-state index in [1.165, 1.54) is 0 Å². The summed E-state index contributed by atoms with van der Waals surface area (Å²) in [6.45, 7) is 5.15. The first-order chi connectivity index (χ1) is 7.48. The highest BCUT2D eigenvalue weighted by Crippen LogP contribution is 2.24. The molecule has 0 aliphatic carbocycles. The smallest absolute Gasteiger partial charge is 0.239 e. The van der Waals surface area contributed by atoms with Crippen molar-refractivity contribution < 1.29 is 0 Å². The number of hydrazine groups is 1. The van der Waals surface area contributed by atoms with Gasteiger partial charge in [-0.25, -0.2) is 10.8 Å². The van der Waals surface area contributed by atoms with Gasteiger partial charge in [0.25, 0.3) is 0 Å². The van der Waals surface area contributed by atoms with E-state index in [1.54, 1.807) is 18.0 Å². The SMILES string of the molecule is CSC(C)(C)CNc1nc(NN)ncc1Br. The highest BCUT2D eigenvalue weighted by Gasteiger charge is 2.16. The summed E-state index contributed by atoms with van der Waals surface area (Å²) in [5.74, 6) is 6.39. The number of hydrogen-bond donors (Lipinski definition) is 3. The number of nitrogens with zero attached hydrogens (tertiary/aromatic N) is 2. The number of halogens is 1. The van der Waals surface area contributed by atoms with Crippen molar-refractivity contribution in [1.29, 1.82) is 0 Å². The third-order valence-corrected chi connectivity index (χ3v) is 3.94. The van der Waals surface area contributed by atoms with Gasteiger partial charge in [0.1, 0.15) is 5.82 Å². The molecule has 0 saturated heterocycles. The Kier molecular flexibility index (Phi) is 4.82. The van der Waals surface area contributed by atoms with Gasteiger partial charge in [0.2, 0.25) is 5.95 Å². The summed E-state index contributed by atoms with van der Waals surface area (Å²) in [7, 11) is 0. The van der Waals surface area contributed by atoms with Crippen LogP contribution in [-0.2, 0) is 0 Å². The first kappa shape index (κ1) is 13.5. The van der Waals surface area contributed by atoms with E-state index in [4.69, 9.17) is 5.84 Å². The van der Waals surface area contributed by atoms with Crippen molar-refractivity contribution in [2.24, 2.45) is 5.84 Å². The molecule has 0 spiro atoms. The van der Waals surface area contributed by atoms with Crippen LogP contribution in [0, 0.1) is 0 Å². The molecule has 5 nitrogen and oxygen atoms in total. The van der Waals surface area contributed by atoms with E-state index < -0.39 is 0 Å². The van der Waals surface area contributed by atoms with E-state index in [0.717, 1.165) is 16.8 Å². The standard InChI is InChI=1S/C9H16BrN5S/c1-9(2,16-3)5-13-7-6(10)4-12-8(14-7)15-11/h4H,5,11H2,1-3H3,(H2,12,13,14,15). The monoisotopic (exact) mass is 305 g/mol. The summed E-state index contributed by atoms with van der Waals surface area (Å²) < 4.78 is 0.976. The Labute approximate surface area is 108 Å². The molecule has 1 aromatic rings. The lowest BCUT2D eigenvalue weighted by molar-refractivity contribution is 0.749. The molecule has 1 heterocycles. The molecule has 0 amide bonds. The molecule has 0 aliphatic heterocycles. The first-order valence-corrected chi connectivity index (χ1v) is 6.78. The van der Waals surface area contributed by atoms with Crippen molar-refractivity contribution in [2.45, 2.75) is 18.6 Å². The minimum atomic E-state index is 0.153. The maximum Gasteiger partial charge on any atom is 0.239 e. The number of nitrogens with two attached hydrogens (primary N) is 1. The van der Waals surface area contributed by atoms with Crippen LogP contribution in [0.15, 0.2) is 10.7 Å². The van der Waals surface area contributed by atoms with Gasteiger partial charge in [0.15, 0.2) is 0 Å². The van der Waals surface area contributed by atoms with Gasteiger partial charge in [0.05, 0.1) is 4.47 Å². The van der Waals surface area contributed by atoms with Gasteiger partial charge in [-0.1, -0.05) is 0 Å². The minimum Gasteiger partial charge on any atom is -0.368 e. The summed E-state index contributed by atoms with van der Waals surface area (Å²) in [6.07, 6.45) is 3.75. The summed E-state index contributed by atoms with van der Waals surface area (Å²) in [4.78, 5) is 8.20. The fourth-order valence-corrected chi connectivity index (χ4v) is 1.48. The number of hydrogen-bond acceptors (Lipinski definition) is 6. The Balaban J connectivity index is 2.73. The average Bonchev–Trinajstić information content (AvgIpc) is 2.28. The van der Waals surface area contributed by atoms with E-state index in [9.17, 15) is 0 Å². The molecule has 0 fully saturated rings. The maximum atomic E-state index is 5.25. The predicted octanol–water partition coefficient (Wildman–Crippen LogP) is 2.08. The second-order valence-corrected chi connectivity index (χ2v) is 6.22. The van der Waals surface area contributed by atoms with Crippen molar-refractivity contribution in [1.82, 2.24) is 9.97 Å². The lowest BCUT2D eigenvalue weighted by Crippen LogP contribution is -2.26. The van der Waals surface area contributed by atoms with Crippen LogP contribution >= 0.6 is 27.7 Å². The zero-order valence-corrected chi connectivity index (χ0v) is 11.9. The van der Waals surface area contributed by atoms with Gasteiger partial charge in [-0.15, -0.1) is 0 Å². The lowest BCUT2D eigenvalue weighted by atomic mass is 10.2. The molecule has 0 aromatic carbocycles. The van der Waals surface area contributed by atoms with Gasteiger partial charge < -0.3 is 5.32 Å². The van der Waals surface area contributed by atoms with Crippen LogP contribution < -0.4 is 16.6 Å². The van der Waals surface area contributed by atoms with E-state index in [1.807, 2.05) is 0 Å². The summed E-state index contributed by atoms with van der Waals surface area (Å²) in [6, 6.07) is 0. The molecule has 16 heavy (non-hydrogen) atoms. The van der Waals surface area contributed by atoms with Crippen molar-refractivity contribution in [3.8, 4) is 0 Å². The Morgan fingerprint density at radius 3 is 2.81 bits per heavy atom. The van der Waals surface area contributed by atoms with Crippen LogP contribution in [0.1, 0.15) is 13.8 Å². The normalized spacial score (nSPS) is 11.3. The van der Waals surface area contributed by atoms with Crippen molar-refractivity contribution >= 4 is 39.5 Å². The van der Waals surface area contributed by atoms with Gasteiger partial charge in [-0.3, -0.25) is 5.43 Å². The molecule has 0 radical (unpaired) electrons. The number of nitrogen functional groups attached to an aromatic ring is 1. The quantitative estimate of drug-likeness (QED) is 0.571. The Morgan fingerprint density at radius 1 is 1.56 bits per heavy atom. The zero-order chi connectivity index (χ0) is 12.2. The number of rotatable bonds is 5. The highest BCUT2D eigenvalue weighted by molar-refractivity contribution is 9.10. The van der Waals surface area contributed by atoms with Crippen LogP contribution in [0.5, 0.6) is 0 Å². The summed E-state index contributed by atoms with van der Waals surface area (Å²) >= 11 is 5.19. The maximum absolute atomic E-state index is 5.25. The first-order valence-electron chi connectivity index (χ1n) is 4.76. The summed E-state index contributed by atoms with van der Waals surface area (Å²) in [5, 5.41) is 3.26. The fraction of sp³-hybridized carbons (Fsp3) is 0.556. The second kappa shape index (κ2) is 5.70. The van der Waals surface area contributed by atoms with Crippen LogP contribution in [0.25, 0.3) is 0 Å². The van der Waals surface area contributed by atoms with E-state index >= 15 is 0 Å². The zero-order valence-electron chi connectivity index (χ0n) is 9.54. The molecule has 0 unspecified atom stereocenters. The molecule has 0 aliphatic rings. The molecular weight excluding hydrogens is 290 g/mol. The topological polar surface area (TPSA) is 75.9 Å². The Morgan fingerprint density at radius 2 is 2.25 bits per heavy atom. The van der Waals surface area contributed by atoms with Crippen molar-refractivity contribution in [2.75, 3.05) is 23.5 Å². The van der Waals surface area contributed by atoms with Crippen molar-refractivity contribution in [3.05, 3.63) is 10.7 Å². The number of anilines is 2. The molecule has 90 valence electrons. The number of thioether (sulfide) groups is 1. The van der Waals surface area contributed by atoms with Gasteiger partial charge >= 0.3 is 0 Å². The van der Waals surface area contributed by atoms with Crippen LogP contribution in [0.2, 0.25) is 0 Å². The Bertz CT molecular complexity index is 358. The molecule has 4 N–H and O–H groups in total. The van der Waals surface area contributed by atoms with Gasteiger partial charge in [0, 0.05) is 17.5 Å². The molecule has 0 bridgehead atoms. The number of nitrogens with one attached hydrogen (secondary N) is 2. The van der Waals surface area contributed by atoms with Gasteiger partial charge in [-0.05, 0) is 36.0 Å². The highest BCUT2D eigenvalue weighted by atomic mass is 79.9. The molecule has 0 saturated carbocycles. The Hall–Kier alpha value is -0.530. The third kappa shape index (κ3) is 3.80. The van der Waals surface area contributed by atoms with Crippen LogP contribution in [0.4, 0.5) is 11.8 Å². The predicted molar refractivity (Wildman–Crippen MR) is 73.6 cm³/mol. The third-order valence-electron chi connectivity index (χ3n) is 2.11. The largest absolute Gasteiger partial charge is 0.368 e. The minimum absolute atomic E-state index is 0.153. The molecule has 1 rings (SSSR count). The van der Waals surface area contributed by atoms with E-state index in [0.29, 0.717) is 5.95 Å². The van der Waals surface area contributed by atoms with Crippen LogP contribution in [0.3, 0.4) is 0 Å². The summed E-state index contributed by atoms with van der Waals surface area (Å²) in [5.41, 5.74) is 2.42. The second-order valence-electron chi connectivity index (χ2n) is 3.85. The van der Waals surface area contributed by atoms with Gasteiger partial charge in [-0.2, -0.15) is 16.7 Å². The molecule has 0 atom stereocenters. The molecule has 1 aromatic heterocycles. The van der Waals surface area contributed by atoms with Crippen LogP contribution in [-0.4, -0.2) is 27.5 Å². The van der Waals surface area contributed by atoms with Crippen molar-refractivity contribution in [3.63, 3.8) is 0 Å². The van der Waals surface area contributed by atoms with E-state index in [-0.39, 0.29) is 4.75 Å². The number of aromatic nitrogens is 2. The lowest BCUT2D eigenvalue weighted by Gasteiger charge is -2.22.